The SMILES string of the molecule is CC(C)(C)ONCCc1cc[c]cc1. The van der Waals surface area contributed by atoms with Gasteiger partial charge in [0.05, 0.1) is 5.60 Å². The van der Waals surface area contributed by atoms with Crippen molar-refractivity contribution in [3.63, 3.8) is 0 Å². The van der Waals surface area contributed by atoms with Gasteiger partial charge >= 0.3 is 0 Å². The lowest BCUT2D eigenvalue weighted by molar-refractivity contribution is -0.0717. The third-order valence-electron chi connectivity index (χ3n) is 1.68. The molecule has 0 aliphatic rings. The van der Waals surface area contributed by atoms with Gasteiger partial charge in [0.2, 0.25) is 0 Å². The maximum Gasteiger partial charge on any atom is 0.0812 e. The summed E-state index contributed by atoms with van der Waals surface area (Å²) in [5, 5.41) is 0. The predicted octanol–water partition coefficient (Wildman–Crippen LogP) is 2.35. The average Bonchev–Trinajstić information content (AvgIpc) is 2.13. The van der Waals surface area contributed by atoms with Gasteiger partial charge < -0.3 is 0 Å². The summed E-state index contributed by atoms with van der Waals surface area (Å²) in [6.45, 7) is 6.91. The molecular weight excluding hydrogens is 174 g/mol. The van der Waals surface area contributed by atoms with Crippen molar-refractivity contribution >= 4 is 0 Å². The maximum atomic E-state index is 5.39. The monoisotopic (exact) mass is 192 g/mol. The molecule has 1 rings (SSSR count). The molecule has 1 N–H and O–H groups in total. The van der Waals surface area contributed by atoms with Crippen LogP contribution in [0.15, 0.2) is 24.3 Å². The molecule has 0 amide bonds. The van der Waals surface area contributed by atoms with Crippen LogP contribution in [0.3, 0.4) is 0 Å². The van der Waals surface area contributed by atoms with Crippen LogP contribution >= 0.6 is 0 Å². The van der Waals surface area contributed by atoms with Crippen molar-refractivity contribution in [2.24, 2.45) is 0 Å². The summed E-state index contributed by atoms with van der Waals surface area (Å²) in [6.07, 6.45) is 0.977. The van der Waals surface area contributed by atoms with Crippen LogP contribution in [0.4, 0.5) is 0 Å². The van der Waals surface area contributed by atoms with Crippen molar-refractivity contribution in [1.82, 2.24) is 5.48 Å². The van der Waals surface area contributed by atoms with Crippen molar-refractivity contribution < 1.29 is 4.84 Å². The highest BCUT2D eigenvalue weighted by Gasteiger charge is 2.09. The van der Waals surface area contributed by atoms with Crippen molar-refractivity contribution in [1.29, 1.82) is 0 Å². The Balaban J connectivity index is 2.17. The van der Waals surface area contributed by atoms with Crippen LogP contribution < -0.4 is 5.48 Å². The van der Waals surface area contributed by atoms with E-state index in [1.807, 2.05) is 32.9 Å². The first-order valence-corrected chi connectivity index (χ1v) is 4.94. The minimum Gasteiger partial charge on any atom is -0.296 e. The summed E-state index contributed by atoms with van der Waals surface area (Å²) < 4.78 is 0. The van der Waals surface area contributed by atoms with Crippen LogP contribution in [0.1, 0.15) is 26.3 Å². The molecule has 2 nitrogen and oxygen atoms in total. The molecule has 0 spiro atoms. The Morgan fingerprint density at radius 1 is 1.29 bits per heavy atom. The highest BCUT2D eigenvalue weighted by Crippen LogP contribution is 2.04. The second-order valence-corrected chi connectivity index (χ2v) is 4.27. The number of hydrogen-bond acceptors (Lipinski definition) is 2. The normalized spacial score (nSPS) is 11.6. The Labute approximate surface area is 86.2 Å². The Kier molecular flexibility index (Phi) is 4.11. The topological polar surface area (TPSA) is 21.3 Å². The fraction of sp³-hybridized carbons (Fsp3) is 0.500. The van der Waals surface area contributed by atoms with Gasteiger partial charge in [0.15, 0.2) is 0 Å². The first-order chi connectivity index (χ1) is 6.58. The molecule has 0 saturated heterocycles. The second kappa shape index (κ2) is 5.13. The molecule has 0 aliphatic carbocycles. The molecule has 0 aliphatic heterocycles. The van der Waals surface area contributed by atoms with E-state index in [-0.39, 0.29) is 5.60 Å². The number of rotatable bonds is 4. The quantitative estimate of drug-likeness (QED) is 0.584. The second-order valence-electron chi connectivity index (χ2n) is 4.27. The minimum atomic E-state index is -0.121. The molecule has 0 aromatic heterocycles. The highest BCUT2D eigenvalue weighted by atomic mass is 16.7. The standard InChI is InChI=1S/C12H18NO/c1-12(2,3)14-13-10-9-11-7-5-4-6-8-11/h5-8,13H,9-10H2,1-3H3. The fourth-order valence-corrected chi connectivity index (χ4v) is 1.05. The smallest absolute Gasteiger partial charge is 0.0812 e. The van der Waals surface area contributed by atoms with Gasteiger partial charge in [0.1, 0.15) is 0 Å². The van der Waals surface area contributed by atoms with Crippen LogP contribution in [0, 0.1) is 6.07 Å². The van der Waals surface area contributed by atoms with Crippen molar-refractivity contribution in [3.05, 3.63) is 35.9 Å². The van der Waals surface area contributed by atoms with Crippen LogP contribution in [0.25, 0.3) is 0 Å². The van der Waals surface area contributed by atoms with Gasteiger partial charge in [-0.05, 0) is 38.8 Å². The predicted molar refractivity (Wildman–Crippen MR) is 57.8 cm³/mol. The largest absolute Gasteiger partial charge is 0.296 e. The highest BCUT2D eigenvalue weighted by molar-refractivity contribution is 5.13. The lowest BCUT2D eigenvalue weighted by Gasteiger charge is -2.19. The van der Waals surface area contributed by atoms with Gasteiger partial charge in [0.25, 0.3) is 0 Å². The van der Waals surface area contributed by atoms with Gasteiger partial charge in [-0.25, -0.2) is 5.48 Å². The minimum absolute atomic E-state index is 0.121. The first-order valence-electron chi connectivity index (χ1n) is 4.94. The summed E-state index contributed by atoms with van der Waals surface area (Å²) >= 11 is 0. The maximum absolute atomic E-state index is 5.39. The number of benzene rings is 1. The number of nitrogens with one attached hydrogen (secondary N) is 1. The molecule has 1 aromatic carbocycles. The molecule has 0 heterocycles. The van der Waals surface area contributed by atoms with Gasteiger partial charge in [-0.1, -0.05) is 24.3 Å². The van der Waals surface area contributed by atoms with E-state index in [1.54, 1.807) is 0 Å². The lowest BCUT2D eigenvalue weighted by atomic mass is 10.2. The van der Waals surface area contributed by atoms with E-state index >= 15 is 0 Å². The van der Waals surface area contributed by atoms with Crippen LogP contribution in [-0.2, 0) is 11.3 Å². The fourth-order valence-electron chi connectivity index (χ4n) is 1.05. The zero-order valence-corrected chi connectivity index (χ0v) is 9.13. The summed E-state index contributed by atoms with van der Waals surface area (Å²) in [6, 6.07) is 11.0. The van der Waals surface area contributed by atoms with Gasteiger partial charge in [-0.15, -0.1) is 0 Å². The van der Waals surface area contributed by atoms with Crippen LogP contribution in [0.5, 0.6) is 0 Å². The van der Waals surface area contributed by atoms with Crippen molar-refractivity contribution in [3.8, 4) is 0 Å². The van der Waals surface area contributed by atoms with E-state index in [9.17, 15) is 0 Å². The molecule has 0 saturated carbocycles. The van der Waals surface area contributed by atoms with Gasteiger partial charge in [-0.2, -0.15) is 0 Å². The van der Waals surface area contributed by atoms with E-state index in [2.05, 4.69) is 23.7 Å². The lowest BCUT2D eigenvalue weighted by Crippen LogP contribution is -2.30. The first kappa shape index (κ1) is 11.2. The molecule has 0 unspecified atom stereocenters. The van der Waals surface area contributed by atoms with E-state index in [4.69, 9.17) is 4.84 Å². The van der Waals surface area contributed by atoms with Crippen LogP contribution in [-0.4, -0.2) is 12.1 Å². The molecule has 0 atom stereocenters. The molecule has 77 valence electrons. The summed E-state index contributed by atoms with van der Waals surface area (Å²) in [5.41, 5.74) is 4.14. The molecule has 0 fully saturated rings. The molecule has 0 bridgehead atoms. The van der Waals surface area contributed by atoms with Crippen molar-refractivity contribution in [2.75, 3.05) is 6.54 Å². The molecular formula is C12H18NO. The Morgan fingerprint density at radius 2 is 1.93 bits per heavy atom. The Bertz CT molecular complexity index is 251. The molecule has 1 aromatic rings. The zero-order valence-electron chi connectivity index (χ0n) is 9.13. The molecule has 1 radical (unpaired) electrons. The average molecular weight is 192 g/mol. The number of hydrogen-bond donors (Lipinski definition) is 1. The van der Waals surface area contributed by atoms with Crippen LogP contribution in [0.2, 0.25) is 0 Å². The van der Waals surface area contributed by atoms with Gasteiger partial charge in [0, 0.05) is 6.54 Å². The Hall–Kier alpha value is -0.860. The van der Waals surface area contributed by atoms with E-state index in [1.165, 1.54) is 5.56 Å². The third kappa shape index (κ3) is 5.00. The summed E-state index contributed by atoms with van der Waals surface area (Å²) in [7, 11) is 0. The third-order valence-corrected chi connectivity index (χ3v) is 1.68. The van der Waals surface area contributed by atoms with E-state index in [0.29, 0.717) is 0 Å². The van der Waals surface area contributed by atoms with E-state index < -0.39 is 0 Å². The Morgan fingerprint density at radius 3 is 2.50 bits per heavy atom. The van der Waals surface area contributed by atoms with E-state index in [0.717, 1.165) is 13.0 Å². The molecule has 2 heteroatoms. The van der Waals surface area contributed by atoms with Crippen molar-refractivity contribution in [2.45, 2.75) is 32.8 Å². The van der Waals surface area contributed by atoms with Gasteiger partial charge in [-0.3, -0.25) is 4.84 Å². The summed E-state index contributed by atoms with van der Waals surface area (Å²) in [5.74, 6) is 0. The summed E-state index contributed by atoms with van der Waals surface area (Å²) in [4.78, 5) is 5.39. The number of hydroxylamine groups is 1. The zero-order chi connectivity index (χ0) is 10.4. The molecule has 14 heavy (non-hydrogen) atoms.